The highest BCUT2D eigenvalue weighted by Gasteiger charge is 2.39. The Balaban J connectivity index is 2.25. The van der Waals surface area contributed by atoms with Crippen LogP contribution < -0.4 is 4.90 Å². The number of alkyl halides is 3. The summed E-state index contributed by atoms with van der Waals surface area (Å²) >= 11 is 0. The van der Waals surface area contributed by atoms with Crippen molar-refractivity contribution >= 4 is 5.69 Å². The van der Waals surface area contributed by atoms with Crippen LogP contribution in [0.25, 0.3) is 0 Å². The van der Waals surface area contributed by atoms with E-state index in [4.69, 9.17) is 0 Å². The third kappa shape index (κ3) is 4.96. The first kappa shape index (κ1) is 17.3. The molecule has 0 heterocycles. The van der Waals surface area contributed by atoms with Crippen LogP contribution >= 0.6 is 0 Å². The number of halogens is 4. The highest BCUT2D eigenvalue weighted by molar-refractivity contribution is 5.47. The quantitative estimate of drug-likeness (QED) is 0.837. The maximum atomic E-state index is 13.4. The van der Waals surface area contributed by atoms with Gasteiger partial charge in [-0.25, -0.2) is 4.39 Å². The smallest absolute Gasteiger partial charge is 0.382 e. The second kappa shape index (κ2) is 7.00. The second-order valence-electron chi connectivity index (χ2n) is 5.40. The van der Waals surface area contributed by atoms with E-state index in [-0.39, 0.29) is 12.2 Å². The minimum absolute atomic E-state index is 0.136. The highest BCUT2D eigenvalue weighted by atomic mass is 19.4. The van der Waals surface area contributed by atoms with Crippen molar-refractivity contribution in [3.8, 4) is 0 Å². The topological polar surface area (TPSA) is 23.5 Å². The lowest BCUT2D eigenvalue weighted by Gasteiger charge is -2.28. The largest absolute Gasteiger partial charge is 0.416 e. The Bertz CT molecular complexity index is 640. The van der Waals surface area contributed by atoms with Crippen molar-refractivity contribution in [1.29, 1.82) is 0 Å². The molecule has 124 valence electrons. The summed E-state index contributed by atoms with van der Waals surface area (Å²) in [4.78, 5) is 1.31. The second-order valence-corrected chi connectivity index (χ2v) is 5.40. The Kier molecular flexibility index (Phi) is 5.26. The van der Waals surface area contributed by atoms with Gasteiger partial charge in [0.05, 0.1) is 6.54 Å². The van der Waals surface area contributed by atoms with Gasteiger partial charge >= 0.3 is 6.18 Å². The fourth-order valence-corrected chi connectivity index (χ4v) is 2.16. The molecule has 2 aromatic rings. The van der Waals surface area contributed by atoms with Gasteiger partial charge in [0, 0.05) is 12.2 Å². The van der Waals surface area contributed by atoms with Crippen molar-refractivity contribution in [3.05, 3.63) is 65.5 Å². The van der Waals surface area contributed by atoms with Crippen molar-refractivity contribution in [3.63, 3.8) is 0 Å². The van der Waals surface area contributed by atoms with Crippen LogP contribution in [-0.2, 0) is 6.54 Å². The summed E-state index contributed by atoms with van der Waals surface area (Å²) in [6.45, 7) is 1.37. The molecular weight excluding hydrogens is 310 g/mol. The molecule has 0 aromatic heterocycles. The molecule has 0 aliphatic heterocycles. The van der Waals surface area contributed by atoms with Crippen molar-refractivity contribution in [2.24, 2.45) is 0 Å². The van der Waals surface area contributed by atoms with Gasteiger partial charge in [-0.05, 0) is 30.7 Å². The minimum atomic E-state index is -4.72. The molecule has 0 radical (unpaired) electrons. The SMILES string of the molecule is Cc1ccc(CN(C[C@H](O)C(F)(F)F)c2cccc(F)c2)cc1. The normalized spacial score (nSPS) is 13.0. The number of aliphatic hydroxyl groups is 1. The average Bonchev–Trinajstić information content (AvgIpc) is 2.47. The Labute approximate surface area is 132 Å². The van der Waals surface area contributed by atoms with Gasteiger partial charge in [-0.2, -0.15) is 13.2 Å². The summed E-state index contributed by atoms with van der Waals surface area (Å²) in [5.41, 5.74) is 2.09. The molecule has 23 heavy (non-hydrogen) atoms. The van der Waals surface area contributed by atoms with E-state index in [1.807, 2.05) is 19.1 Å². The first-order valence-corrected chi connectivity index (χ1v) is 7.06. The molecule has 0 saturated heterocycles. The van der Waals surface area contributed by atoms with E-state index < -0.39 is 24.6 Å². The molecule has 1 N–H and O–H groups in total. The molecule has 0 amide bonds. The zero-order valence-electron chi connectivity index (χ0n) is 12.5. The summed E-state index contributed by atoms with van der Waals surface area (Å²) < 4.78 is 51.3. The van der Waals surface area contributed by atoms with Crippen LogP contribution in [0.15, 0.2) is 48.5 Å². The number of benzene rings is 2. The number of hydrogen-bond donors (Lipinski definition) is 1. The van der Waals surface area contributed by atoms with Crippen LogP contribution in [0.5, 0.6) is 0 Å². The summed E-state index contributed by atoms with van der Waals surface area (Å²) in [6.07, 6.45) is -7.23. The van der Waals surface area contributed by atoms with E-state index in [1.54, 1.807) is 12.1 Å². The van der Waals surface area contributed by atoms with Gasteiger partial charge in [0.15, 0.2) is 6.10 Å². The third-order valence-electron chi connectivity index (χ3n) is 3.44. The van der Waals surface area contributed by atoms with Crippen LogP contribution in [0, 0.1) is 12.7 Å². The van der Waals surface area contributed by atoms with Gasteiger partial charge in [0.25, 0.3) is 0 Å². The number of rotatable bonds is 5. The number of aryl methyl sites for hydroxylation is 1. The zero-order valence-corrected chi connectivity index (χ0v) is 12.5. The van der Waals surface area contributed by atoms with E-state index in [2.05, 4.69) is 0 Å². The molecule has 2 rings (SSSR count). The van der Waals surface area contributed by atoms with Crippen LogP contribution in [0.4, 0.5) is 23.2 Å². The van der Waals surface area contributed by atoms with Gasteiger partial charge in [-0.3, -0.25) is 0 Å². The molecule has 0 bridgehead atoms. The molecule has 0 saturated carbocycles. The van der Waals surface area contributed by atoms with Crippen LogP contribution in [-0.4, -0.2) is 23.9 Å². The molecule has 0 spiro atoms. The number of nitrogens with zero attached hydrogens (tertiary/aromatic N) is 1. The average molecular weight is 327 g/mol. The van der Waals surface area contributed by atoms with Crippen molar-refractivity contribution < 1.29 is 22.7 Å². The molecule has 0 fully saturated rings. The molecular formula is C17H17F4NO. The van der Waals surface area contributed by atoms with Gasteiger partial charge in [0.1, 0.15) is 5.82 Å². The Morgan fingerprint density at radius 3 is 2.30 bits per heavy atom. The zero-order chi connectivity index (χ0) is 17.0. The Morgan fingerprint density at radius 1 is 1.09 bits per heavy atom. The van der Waals surface area contributed by atoms with Gasteiger partial charge in [0.2, 0.25) is 0 Å². The number of anilines is 1. The number of hydrogen-bond acceptors (Lipinski definition) is 2. The van der Waals surface area contributed by atoms with Crippen LogP contribution in [0.1, 0.15) is 11.1 Å². The van der Waals surface area contributed by atoms with Crippen LogP contribution in [0.3, 0.4) is 0 Å². The molecule has 6 heteroatoms. The Morgan fingerprint density at radius 2 is 1.74 bits per heavy atom. The number of aliphatic hydroxyl groups excluding tert-OH is 1. The highest BCUT2D eigenvalue weighted by Crippen LogP contribution is 2.25. The predicted molar refractivity (Wildman–Crippen MR) is 80.7 cm³/mol. The van der Waals surface area contributed by atoms with Crippen molar-refractivity contribution in [2.75, 3.05) is 11.4 Å². The maximum Gasteiger partial charge on any atom is 0.416 e. The predicted octanol–water partition coefficient (Wildman–Crippen LogP) is 4.06. The molecule has 0 aliphatic rings. The van der Waals surface area contributed by atoms with E-state index in [9.17, 15) is 22.7 Å². The summed E-state index contributed by atoms with van der Waals surface area (Å²) in [5, 5.41) is 9.35. The fourth-order valence-electron chi connectivity index (χ4n) is 2.16. The van der Waals surface area contributed by atoms with E-state index in [0.29, 0.717) is 0 Å². The summed E-state index contributed by atoms with van der Waals surface area (Å²) in [7, 11) is 0. The molecule has 0 unspecified atom stereocenters. The monoisotopic (exact) mass is 327 g/mol. The minimum Gasteiger partial charge on any atom is -0.382 e. The molecule has 1 atom stereocenters. The van der Waals surface area contributed by atoms with Crippen molar-refractivity contribution in [1.82, 2.24) is 0 Å². The first-order valence-electron chi connectivity index (χ1n) is 7.06. The standard InChI is InChI=1S/C17H17F4NO/c1-12-5-7-13(8-6-12)10-22(11-16(23)17(19,20)21)15-4-2-3-14(18)9-15/h2-9,16,23H,10-11H2,1H3/t16-/m0/s1. The van der Waals surface area contributed by atoms with E-state index in [1.165, 1.54) is 23.1 Å². The van der Waals surface area contributed by atoms with Gasteiger partial charge < -0.3 is 10.0 Å². The van der Waals surface area contributed by atoms with Crippen molar-refractivity contribution in [2.45, 2.75) is 25.7 Å². The van der Waals surface area contributed by atoms with Gasteiger partial charge in [-0.15, -0.1) is 0 Å². The van der Waals surface area contributed by atoms with Gasteiger partial charge in [-0.1, -0.05) is 35.9 Å². The molecule has 0 aliphatic carbocycles. The third-order valence-corrected chi connectivity index (χ3v) is 3.44. The van der Waals surface area contributed by atoms with Crippen LogP contribution in [0.2, 0.25) is 0 Å². The van der Waals surface area contributed by atoms with E-state index in [0.717, 1.165) is 17.2 Å². The lowest BCUT2D eigenvalue weighted by molar-refractivity contribution is -0.200. The summed E-state index contributed by atoms with van der Waals surface area (Å²) in [6, 6.07) is 12.6. The first-order chi connectivity index (χ1) is 10.8. The maximum absolute atomic E-state index is 13.4. The molecule has 2 aromatic carbocycles. The van der Waals surface area contributed by atoms with E-state index >= 15 is 0 Å². The summed E-state index contributed by atoms with van der Waals surface area (Å²) in [5.74, 6) is -0.544. The molecule has 2 nitrogen and oxygen atoms in total. The lowest BCUT2D eigenvalue weighted by atomic mass is 10.1. The Hall–Kier alpha value is -2.08. The fraction of sp³-hybridized carbons (Fsp3) is 0.294. The lowest BCUT2D eigenvalue weighted by Crippen LogP contribution is -2.40.